The van der Waals surface area contributed by atoms with Gasteiger partial charge in [0.25, 0.3) is 0 Å². The molecule has 1 aromatic heterocycles. The monoisotopic (exact) mass is 447 g/mol. The van der Waals surface area contributed by atoms with Crippen LogP contribution < -0.4 is 10.6 Å². The fourth-order valence-corrected chi connectivity index (χ4v) is 3.32. The summed E-state index contributed by atoms with van der Waals surface area (Å²) in [6.45, 7) is 4.93. The van der Waals surface area contributed by atoms with Crippen LogP contribution in [0, 0.1) is 13.8 Å². The van der Waals surface area contributed by atoms with Crippen LogP contribution in [0.5, 0.6) is 0 Å². The van der Waals surface area contributed by atoms with Crippen LogP contribution in [0.25, 0.3) is 0 Å². The first-order valence-electron chi connectivity index (χ1n) is 9.60. The number of amides is 2. The second-order valence-electron chi connectivity index (χ2n) is 6.84. The quantitative estimate of drug-likeness (QED) is 0.626. The van der Waals surface area contributed by atoms with E-state index in [1.807, 2.05) is 0 Å². The minimum atomic E-state index is -0.790. The van der Waals surface area contributed by atoms with Crippen molar-refractivity contribution in [2.75, 3.05) is 13.2 Å². The van der Waals surface area contributed by atoms with Gasteiger partial charge in [-0.05, 0) is 38.5 Å². The molecule has 164 valence electrons. The Morgan fingerprint density at radius 1 is 1.19 bits per heavy atom. The number of aryl methyl sites for hydroxylation is 2. The summed E-state index contributed by atoms with van der Waals surface area (Å²) in [6, 6.07) is 5.36. The first-order valence-corrected chi connectivity index (χ1v) is 9.98. The molecule has 31 heavy (non-hydrogen) atoms. The first kappa shape index (κ1) is 22.4. The number of carbonyl (C=O) groups is 3. The van der Waals surface area contributed by atoms with Crippen molar-refractivity contribution >= 4 is 29.6 Å². The van der Waals surface area contributed by atoms with Crippen molar-refractivity contribution in [1.29, 1.82) is 0 Å². The molecule has 0 unspecified atom stereocenters. The average molecular weight is 448 g/mol. The van der Waals surface area contributed by atoms with Crippen LogP contribution in [-0.4, -0.2) is 36.3 Å². The van der Waals surface area contributed by atoms with Crippen molar-refractivity contribution in [3.8, 4) is 0 Å². The third-order valence-electron chi connectivity index (χ3n) is 4.73. The van der Waals surface area contributed by atoms with Gasteiger partial charge in [-0.25, -0.2) is 9.59 Å². The number of nitrogens with zero attached hydrogens (tertiary/aromatic N) is 1. The maximum Gasteiger partial charge on any atom is 0.338 e. The molecule has 2 heterocycles. The van der Waals surface area contributed by atoms with E-state index in [-0.39, 0.29) is 30.9 Å². The number of urea groups is 1. The number of rotatable bonds is 7. The van der Waals surface area contributed by atoms with Crippen molar-refractivity contribution in [2.24, 2.45) is 0 Å². The smallest absolute Gasteiger partial charge is 0.338 e. The topological polar surface area (TPSA) is 120 Å². The molecule has 0 saturated heterocycles. The molecule has 1 aromatic carbocycles. The largest absolute Gasteiger partial charge is 0.463 e. The zero-order chi connectivity index (χ0) is 22.5. The number of aromatic nitrogens is 1. The summed E-state index contributed by atoms with van der Waals surface area (Å²) in [5.74, 6) is -0.661. The molecule has 2 aromatic rings. The summed E-state index contributed by atoms with van der Waals surface area (Å²) in [5.41, 5.74) is 2.15. The van der Waals surface area contributed by atoms with Gasteiger partial charge in [0.15, 0.2) is 0 Å². The van der Waals surface area contributed by atoms with Crippen LogP contribution in [-0.2, 0) is 25.5 Å². The van der Waals surface area contributed by atoms with E-state index >= 15 is 0 Å². The number of halogens is 1. The lowest BCUT2D eigenvalue weighted by Crippen LogP contribution is -2.47. The fraction of sp³-hybridized carbons (Fsp3) is 0.333. The molecule has 3 rings (SSSR count). The minimum Gasteiger partial charge on any atom is -0.463 e. The molecule has 2 amide bonds. The van der Waals surface area contributed by atoms with Crippen LogP contribution in [0.1, 0.15) is 35.5 Å². The molecule has 0 spiro atoms. The van der Waals surface area contributed by atoms with Gasteiger partial charge in [-0.1, -0.05) is 28.9 Å². The third kappa shape index (κ3) is 5.24. The van der Waals surface area contributed by atoms with E-state index in [1.165, 1.54) is 0 Å². The lowest BCUT2D eigenvalue weighted by Gasteiger charge is -2.29. The van der Waals surface area contributed by atoms with Crippen molar-refractivity contribution < 1.29 is 28.4 Å². The maximum atomic E-state index is 12.7. The molecule has 2 N–H and O–H groups in total. The van der Waals surface area contributed by atoms with Crippen molar-refractivity contribution in [1.82, 2.24) is 15.8 Å². The van der Waals surface area contributed by atoms with Gasteiger partial charge >= 0.3 is 18.0 Å². The lowest BCUT2D eigenvalue weighted by molar-refractivity contribution is -0.143. The highest BCUT2D eigenvalue weighted by atomic mass is 35.5. The summed E-state index contributed by atoms with van der Waals surface area (Å²) in [5, 5.41) is 9.57. The minimum absolute atomic E-state index is 0.0456. The Morgan fingerprint density at radius 3 is 2.52 bits per heavy atom. The third-order valence-corrected chi connectivity index (χ3v) is 4.98. The maximum absolute atomic E-state index is 12.7. The van der Waals surface area contributed by atoms with Crippen molar-refractivity contribution in [3.63, 3.8) is 0 Å². The number of hydrogen-bond donors (Lipinski definition) is 2. The van der Waals surface area contributed by atoms with Gasteiger partial charge < -0.3 is 24.6 Å². The SMILES string of the molecule is CCOC(=O)C1=C(COC(=O)Cc2c(C)noc2C)NC(=O)N[C@@H]1c1ccc(Cl)cc1. The van der Waals surface area contributed by atoms with Gasteiger partial charge in [0.05, 0.1) is 36.0 Å². The van der Waals surface area contributed by atoms with E-state index in [0.29, 0.717) is 27.6 Å². The number of esters is 2. The molecule has 9 nitrogen and oxygen atoms in total. The Labute approximate surface area is 183 Å². The molecule has 0 bridgehead atoms. The van der Waals surface area contributed by atoms with Gasteiger partial charge in [0.1, 0.15) is 12.4 Å². The van der Waals surface area contributed by atoms with Crippen molar-refractivity contribution in [3.05, 3.63) is 63.1 Å². The molecule has 1 aliphatic heterocycles. The molecular weight excluding hydrogens is 426 g/mol. The second kappa shape index (κ2) is 9.65. The van der Waals surface area contributed by atoms with Gasteiger partial charge in [-0.2, -0.15) is 0 Å². The Kier molecular flexibility index (Phi) is 6.96. The summed E-state index contributed by atoms with van der Waals surface area (Å²) in [6.07, 6.45) is -0.0456. The molecule has 0 fully saturated rings. The molecule has 1 aliphatic rings. The molecule has 0 saturated carbocycles. The van der Waals surface area contributed by atoms with Gasteiger partial charge in [0.2, 0.25) is 0 Å². The van der Waals surface area contributed by atoms with E-state index in [0.717, 1.165) is 0 Å². The summed E-state index contributed by atoms with van der Waals surface area (Å²) >= 11 is 5.95. The lowest BCUT2D eigenvalue weighted by atomic mass is 9.95. The van der Waals surface area contributed by atoms with Gasteiger partial charge in [0, 0.05) is 10.6 Å². The van der Waals surface area contributed by atoms with E-state index in [1.54, 1.807) is 45.0 Å². The van der Waals surface area contributed by atoms with Crippen molar-refractivity contribution in [2.45, 2.75) is 33.2 Å². The van der Waals surface area contributed by atoms with E-state index < -0.39 is 24.0 Å². The van der Waals surface area contributed by atoms with Crippen LogP contribution >= 0.6 is 11.6 Å². The van der Waals surface area contributed by atoms with Crippen LogP contribution in [0.15, 0.2) is 40.1 Å². The Morgan fingerprint density at radius 2 is 1.90 bits per heavy atom. The van der Waals surface area contributed by atoms with E-state index in [2.05, 4.69) is 15.8 Å². The second-order valence-corrected chi connectivity index (χ2v) is 7.27. The molecule has 0 radical (unpaired) electrons. The molecule has 1 atom stereocenters. The number of hydrogen-bond acceptors (Lipinski definition) is 7. The van der Waals surface area contributed by atoms with Gasteiger partial charge in [-0.3, -0.25) is 4.79 Å². The first-order chi connectivity index (χ1) is 14.8. The van der Waals surface area contributed by atoms with Crippen LogP contribution in [0.3, 0.4) is 0 Å². The highest BCUT2D eigenvalue weighted by Gasteiger charge is 2.34. The number of ether oxygens (including phenoxy) is 2. The Balaban J connectivity index is 1.86. The Hall–Kier alpha value is -3.33. The summed E-state index contributed by atoms with van der Waals surface area (Å²) < 4.78 is 15.6. The van der Waals surface area contributed by atoms with Crippen LogP contribution in [0.4, 0.5) is 4.79 Å². The predicted molar refractivity (Wildman–Crippen MR) is 110 cm³/mol. The fourth-order valence-electron chi connectivity index (χ4n) is 3.19. The van der Waals surface area contributed by atoms with Gasteiger partial charge in [-0.15, -0.1) is 0 Å². The highest BCUT2D eigenvalue weighted by Crippen LogP contribution is 2.29. The van der Waals surface area contributed by atoms with E-state index in [4.69, 9.17) is 25.6 Å². The predicted octanol–water partition coefficient (Wildman–Crippen LogP) is 2.90. The zero-order valence-corrected chi connectivity index (χ0v) is 18.0. The summed E-state index contributed by atoms with van der Waals surface area (Å²) in [7, 11) is 0. The molecule has 10 heteroatoms. The van der Waals surface area contributed by atoms with E-state index in [9.17, 15) is 14.4 Å². The van der Waals surface area contributed by atoms with Crippen LogP contribution in [0.2, 0.25) is 5.02 Å². The average Bonchev–Trinajstić information content (AvgIpc) is 3.04. The Bertz CT molecular complexity index is 1010. The molecule has 0 aliphatic carbocycles. The normalized spacial score (nSPS) is 15.9. The summed E-state index contributed by atoms with van der Waals surface area (Å²) in [4.78, 5) is 37.3. The number of benzene rings is 1. The standard InChI is InChI=1S/C21H22ClN3O6/c1-4-29-20(27)18-16(10-30-17(26)9-15-11(2)25-31-12(15)3)23-21(28)24-19(18)13-5-7-14(22)8-6-13/h5-8,19H,4,9-10H2,1-3H3,(H2,23,24,28)/t19-/m1/s1. The highest BCUT2D eigenvalue weighted by molar-refractivity contribution is 6.30. The number of nitrogens with one attached hydrogen (secondary N) is 2. The zero-order valence-electron chi connectivity index (χ0n) is 17.3. The number of carbonyl (C=O) groups excluding carboxylic acids is 3. The molecular formula is C21H22ClN3O6.